The summed E-state index contributed by atoms with van der Waals surface area (Å²) < 4.78 is 17.0. The van der Waals surface area contributed by atoms with Gasteiger partial charge in [-0.1, -0.05) is 36.4 Å². The zero-order valence-corrected chi connectivity index (χ0v) is 16.9. The van der Waals surface area contributed by atoms with E-state index in [9.17, 15) is 4.79 Å². The summed E-state index contributed by atoms with van der Waals surface area (Å²) in [4.78, 5) is 11.7. The molecule has 0 amide bonds. The van der Waals surface area contributed by atoms with Gasteiger partial charge in [-0.05, 0) is 49.4 Å². The Kier molecular flexibility index (Phi) is 5.70. The number of aryl methyl sites for hydroxylation is 1. The molecular weight excluding hydrogens is 378 g/mol. The van der Waals surface area contributed by atoms with Crippen LogP contribution in [0, 0.1) is 6.92 Å². The van der Waals surface area contributed by atoms with Crippen molar-refractivity contribution in [2.24, 2.45) is 0 Å². The number of furan rings is 1. The van der Waals surface area contributed by atoms with Crippen molar-refractivity contribution in [3.05, 3.63) is 95.7 Å². The maximum Gasteiger partial charge on any atom is 0.337 e. The second kappa shape index (κ2) is 8.74. The van der Waals surface area contributed by atoms with Crippen molar-refractivity contribution in [2.75, 3.05) is 19.0 Å². The molecular formula is C25H23NO4. The van der Waals surface area contributed by atoms with E-state index in [1.807, 2.05) is 60.7 Å². The summed E-state index contributed by atoms with van der Waals surface area (Å²) in [5.74, 6) is 1.25. The first-order valence-electron chi connectivity index (χ1n) is 9.76. The van der Waals surface area contributed by atoms with Crippen LogP contribution < -0.4 is 10.1 Å². The minimum atomic E-state index is -0.362. The Balaban J connectivity index is 1.62. The number of carbonyl (C=O) groups is 1. The van der Waals surface area contributed by atoms with Crippen LogP contribution in [0.25, 0.3) is 11.0 Å². The molecule has 0 fully saturated rings. The summed E-state index contributed by atoms with van der Waals surface area (Å²) >= 11 is 0. The molecule has 0 radical (unpaired) electrons. The highest BCUT2D eigenvalue weighted by atomic mass is 16.5. The first kappa shape index (κ1) is 19.6. The fraction of sp³-hybridized carbons (Fsp3) is 0.160. The van der Waals surface area contributed by atoms with Crippen LogP contribution >= 0.6 is 0 Å². The van der Waals surface area contributed by atoms with Crippen LogP contribution in [-0.4, -0.2) is 19.7 Å². The number of para-hydroxylation sites is 2. The average Bonchev–Trinajstić information content (AvgIpc) is 3.14. The van der Waals surface area contributed by atoms with Gasteiger partial charge in [-0.15, -0.1) is 0 Å². The van der Waals surface area contributed by atoms with Gasteiger partial charge in [-0.2, -0.15) is 0 Å². The number of methoxy groups -OCH3 is 1. The van der Waals surface area contributed by atoms with Crippen LogP contribution in [0.4, 0.5) is 5.69 Å². The Morgan fingerprint density at radius 3 is 2.37 bits per heavy atom. The number of carbonyl (C=O) groups excluding carboxylic acids is 1. The predicted octanol–water partition coefficient (Wildman–Crippen LogP) is 5.76. The number of anilines is 1. The first-order chi connectivity index (χ1) is 14.7. The molecule has 30 heavy (non-hydrogen) atoms. The Bertz CT molecular complexity index is 1130. The lowest BCUT2D eigenvalue weighted by atomic mass is 10.1. The normalized spacial score (nSPS) is 11.8. The van der Waals surface area contributed by atoms with Crippen molar-refractivity contribution >= 4 is 22.6 Å². The zero-order chi connectivity index (χ0) is 20.9. The van der Waals surface area contributed by atoms with Gasteiger partial charge < -0.3 is 19.2 Å². The first-order valence-corrected chi connectivity index (χ1v) is 9.76. The molecule has 0 bridgehead atoms. The van der Waals surface area contributed by atoms with Gasteiger partial charge in [0, 0.05) is 16.6 Å². The topological polar surface area (TPSA) is 60.7 Å². The average molecular weight is 401 g/mol. The fourth-order valence-corrected chi connectivity index (χ4v) is 3.43. The zero-order valence-electron chi connectivity index (χ0n) is 16.9. The molecule has 0 aliphatic rings. The van der Waals surface area contributed by atoms with Crippen molar-refractivity contribution in [3.8, 4) is 5.75 Å². The number of esters is 1. The van der Waals surface area contributed by atoms with Crippen molar-refractivity contribution < 1.29 is 18.7 Å². The molecule has 1 unspecified atom stereocenters. The molecule has 0 aliphatic carbocycles. The highest BCUT2D eigenvalue weighted by Crippen LogP contribution is 2.32. The van der Waals surface area contributed by atoms with Gasteiger partial charge in [0.15, 0.2) is 0 Å². The maximum atomic E-state index is 11.7. The summed E-state index contributed by atoms with van der Waals surface area (Å²) in [7, 11) is 1.37. The Hall–Kier alpha value is -3.73. The Morgan fingerprint density at radius 2 is 1.67 bits per heavy atom. The van der Waals surface area contributed by atoms with Gasteiger partial charge in [0.25, 0.3) is 0 Å². The van der Waals surface area contributed by atoms with Crippen LogP contribution in [-0.2, 0) is 4.74 Å². The van der Waals surface area contributed by atoms with Crippen molar-refractivity contribution in [2.45, 2.75) is 13.0 Å². The van der Waals surface area contributed by atoms with E-state index in [1.54, 1.807) is 12.1 Å². The molecule has 5 heteroatoms. The van der Waals surface area contributed by atoms with Crippen LogP contribution in [0.3, 0.4) is 0 Å². The Labute approximate surface area is 175 Å². The van der Waals surface area contributed by atoms with Crippen molar-refractivity contribution in [1.82, 2.24) is 0 Å². The molecule has 152 valence electrons. The molecule has 1 N–H and O–H groups in total. The van der Waals surface area contributed by atoms with Gasteiger partial charge in [-0.25, -0.2) is 4.79 Å². The number of benzene rings is 3. The summed E-state index contributed by atoms with van der Waals surface area (Å²) in [5, 5.41) is 4.56. The number of rotatable bonds is 7. The molecule has 3 aromatic carbocycles. The molecule has 1 heterocycles. The van der Waals surface area contributed by atoms with E-state index in [-0.39, 0.29) is 12.0 Å². The third kappa shape index (κ3) is 4.15. The lowest BCUT2D eigenvalue weighted by Gasteiger charge is -2.20. The number of hydrogen-bond donors (Lipinski definition) is 1. The molecule has 0 aliphatic heterocycles. The molecule has 4 aromatic rings. The van der Waals surface area contributed by atoms with Gasteiger partial charge in [0.2, 0.25) is 0 Å². The van der Waals surface area contributed by atoms with Crippen LogP contribution in [0.2, 0.25) is 0 Å². The SMILES string of the molecule is COC(=O)c1ccc(NC(COc2ccccc2)c2oc3ccccc3c2C)cc1. The van der Waals surface area contributed by atoms with E-state index in [0.717, 1.165) is 33.7 Å². The third-order valence-electron chi connectivity index (χ3n) is 5.00. The molecule has 1 aromatic heterocycles. The minimum absolute atomic E-state index is 0.221. The summed E-state index contributed by atoms with van der Waals surface area (Å²) in [6.45, 7) is 2.43. The van der Waals surface area contributed by atoms with E-state index in [0.29, 0.717) is 12.2 Å². The van der Waals surface area contributed by atoms with E-state index in [1.165, 1.54) is 7.11 Å². The third-order valence-corrected chi connectivity index (χ3v) is 5.00. The quantitative estimate of drug-likeness (QED) is 0.399. The van der Waals surface area contributed by atoms with Gasteiger partial charge in [0.05, 0.1) is 12.7 Å². The molecule has 4 rings (SSSR count). The maximum absolute atomic E-state index is 11.7. The highest BCUT2D eigenvalue weighted by Gasteiger charge is 2.21. The lowest BCUT2D eigenvalue weighted by Crippen LogP contribution is -2.19. The van der Waals surface area contributed by atoms with Crippen LogP contribution in [0.15, 0.2) is 83.3 Å². The number of ether oxygens (including phenoxy) is 2. The number of hydrogen-bond acceptors (Lipinski definition) is 5. The largest absolute Gasteiger partial charge is 0.491 e. The summed E-state index contributed by atoms with van der Waals surface area (Å²) in [6, 6.07) is 24.6. The standard InChI is InChI=1S/C25H23NO4/c1-17-21-10-6-7-11-23(21)30-24(17)22(16-29-20-8-4-3-5-9-20)26-19-14-12-18(13-15-19)25(27)28-2/h3-15,22,26H,16H2,1-2H3. The van der Waals surface area contributed by atoms with E-state index >= 15 is 0 Å². The van der Waals surface area contributed by atoms with Crippen molar-refractivity contribution in [3.63, 3.8) is 0 Å². The van der Waals surface area contributed by atoms with Gasteiger partial charge >= 0.3 is 5.97 Å². The second-order valence-corrected chi connectivity index (χ2v) is 6.98. The summed E-state index contributed by atoms with van der Waals surface area (Å²) in [5.41, 5.74) is 3.27. The van der Waals surface area contributed by atoms with E-state index in [2.05, 4.69) is 18.3 Å². The summed E-state index contributed by atoms with van der Waals surface area (Å²) in [6.07, 6.45) is 0. The van der Waals surface area contributed by atoms with E-state index in [4.69, 9.17) is 13.9 Å². The second-order valence-electron chi connectivity index (χ2n) is 6.98. The van der Waals surface area contributed by atoms with Gasteiger partial charge in [-0.3, -0.25) is 0 Å². The van der Waals surface area contributed by atoms with Gasteiger partial charge in [0.1, 0.15) is 29.7 Å². The smallest absolute Gasteiger partial charge is 0.337 e. The lowest BCUT2D eigenvalue weighted by molar-refractivity contribution is 0.0600. The van der Waals surface area contributed by atoms with Crippen LogP contribution in [0.5, 0.6) is 5.75 Å². The van der Waals surface area contributed by atoms with Crippen molar-refractivity contribution in [1.29, 1.82) is 0 Å². The van der Waals surface area contributed by atoms with E-state index < -0.39 is 0 Å². The molecule has 5 nitrogen and oxygen atoms in total. The molecule has 0 saturated heterocycles. The minimum Gasteiger partial charge on any atom is -0.491 e. The molecule has 0 spiro atoms. The van der Waals surface area contributed by atoms with Crippen LogP contribution in [0.1, 0.15) is 27.7 Å². The predicted molar refractivity (Wildman–Crippen MR) is 117 cm³/mol. The highest BCUT2D eigenvalue weighted by molar-refractivity contribution is 5.89. The number of fused-ring (bicyclic) bond motifs is 1. The molecule has 1 atom stereocenters. The number of nitrogens with one attached hydrogen (secondary N) is 1. The molecule has 0 saturated carbocycles. The fourth-order valence-electron chi connectivity index (χ4n) is 3.43. The monoisotopic (exact) mass is 401 g/mol. The Morgan fingerprint density at radius 1 is 0.967 bits per heavy atom.